The molecule has 3 heteroatoms. The zero-order chi connectivity index (χ0) is 12.1. The van der Waals surface area contributed by atoms with Crippen molar-refractivity contribution < 1.29 is 9.90 Å². The number of carbonyl (C=O) groups is 1. The molecule has 1 atom stereocenters. The van der Waals surface area contributed by atoms with E-state index in [0.29, 0.717) is 6.54 Å². The van der Waals surface area contributed by atoms with Gasteiger partial charge in [-0.05, 0) is 31.6 Å². The minimum absolute atomic E-state index is 0.444. The van der Waals surface area contributed by atoms with Gasteiger partial charge in [0, 0.05) is 6.54 Å². The smallest absolute Gasteiger partial charge is 0.312 e. The van der Waals surface area contributed by atoms with Crippen LogP contribution >= 0.6 is 0 Å². The van der Waals surface area contributed by atoms with E-state index in [1.807, 2.05) is 43.3 Å². The summed E-state index contributed by atoms with van der Waals surface area (Å²) < 4.78 is 0. The van der Waals surface area contributed by atoms with Crippen molar-refractivity contribution in [1.82, 2.24) is 4.90 Å². The zero-order valence-electron chi connectivity index (χ0n) is 10.1. The molecule has 1 aromatic rings. The fourth-order valence-corrected chi connectivity index (χ4v) is 1.68. The Hall–Kier alpha value is -1.35. The third-order valence-corrected chi connectivity index (χ3v) is 2.64. The van der Waals surface area contributed by atoms with Gasteiger partial charge in [-0.25, -0.2) is 0 Å². The van der Waals surface area contributed by atoms with E-state index in [2.05, 4.69) is 6.92 Å². The van der Waals surface area contributed by atoms with E-state index in [1.165, 1.54) is 5.56 Å². The van der Waals surface area contributed by atoms with Crippen LogP contribution in [0.4, 0.5) is 0 Å². The normalized spacial score (nSPS) is 12.8. The van der Waals surface area contributed by atoms with Crippen LogP contribution in [0.2, 0.25) is 0 Å². The monoisotopic (exact) mass is 221 g/mol. The van der Waals surface area contributed by atoms with Crippen molar-refractivity contribution in [3.8, 4) is 0 Å². The van der Waals surface area contributed by atoms with E-state index in [1.54, 1.807) is 0 Å². The van der Waals surface area contributed by atoms with Gasteiger partial charge in [-0.1, -0.05) is 31.2 Å². The van der Waals surface area contributed by atoms with Gasteiger partial charge in [0.05, 0.1) is 5.92 Å². The summed E-state index contributed by atoms with van der Waals surface area (Å²) in [5.74, 6) is -1.21. The molecule has 1 N–H and O–H groups in total. The topological polar surface area (TPSA) is 40.5 Å². The first-order valence-electron chi connectivity index (χ1n) is 5.51. The molecule has 0 bridgehead atoms. The van der Waals surface area contributed by atoms with Crippen molar-refractivity contribution in [2.24, 2.45) is 0 Å². The molecule has 0 radical (unpaired) electrons. The predicted octanol–water partition coefficient (Wildman–Crippen LogP) is 1.98. The highest BCUT2D eigenvalue weighted by molar-refractivity contribution is 5.76. The Labute approximate surface area is 96.7 Å². The molecule has 3 nitrogen and oxygen atoms in total. The summed E-state index contributed by atoms with van der Waals surface area (Å²) in [4.78, 5) is 13.1. The van der Waals surface area contributed by atoms with Crippen LogP contribution in [-0.2, 0) is 11.2 Å². The molecule has 16 heavy (non-hydrogen) atoms. The summed E-state index contributed by atoms with van der Waals surface area (Å²) in [6.45, 7) is 2.62. The molecule has 0 saturated heterocycles. The van der Waals surface area contributed by atoms with Crippen LogP contribution in [0, 0.1) is 0 Å². The van der Waals surface area contributed by atoms with E-state index >= 15 is 0 Å². The van der Waals surface area contributed by atoms with Gasteiger partial charge in [-0.15, -0.1) is 0 Å². The van der Waals surface area contributed by atoms with Crippen LogP contribution in [0.3, 0.4) is 0 Å². The van der Waals surface area contributed by atoms with Crippen LogP contribution in [0.1, 0.15) is 24.0 Å². The molecule has 0 fully saturated rings. The maximum Gasteiger partial charge on any atom is 0.312 e. The molecule has 1 aromatic carbocycles. The second-order valence-corrected chi connectivity index (χ2v) is 4.25. The van der Waals surface area contributed by atoms with Crippen molar-refractivity contribution in [1.29, 1.82) is 0 Å². The molecule has 1 rings (SSSR count). The molecule has 0 aliphatic rings. The van der Waals surface area contributed by atoms with Gasteiger partial charge in [0.15, 0.2) is 0 Å². The SMILES string of the molecule is CCc1ccc(C(CN(C)C)C(=O)O)cc1. The number of carboxylic acid groups (broad SMARTS) is 1. The van der Waals surface area contributed by atoms with Crippen molar-refractivity contribution in [3.63, 3.8) is 0 Å². The van der Waals surface area contributed by atoms with Crippen molar-refractivity contribution in [3.05, 3.63) is 35.4 Å². The van der Waals surface area contributed by atoms with E-state index in [4.69, 9.17) is 0 Å². The Kier molecular flexibility index (Phi) is 4.50. The number of likely N-dealkylation sites (N-methyl/N-ethyl adjacent to an activating group) is 1. The Bertz CT molecular complexity index is 343. The molecule has 0 spiro atoms. The number of aryl methyl sites for hydroxylation is 1. The van der Waals surface area contributed by atoms with Crippen LogP contribution < -0.4 is 0 Å². The molecule has 0 saturated carbocycles. The zero-order valence-corrected chi connectivity index (χ0v) is 10.1. The average molecular weight is 221 g/mol. The van der Waals surface area contributed by atoms with Crippen LogP contribution in [0.5, 0.6) is 0 Å². The fraction of sp³-hybridized carbons (Fsp3) is 0.462. The maximum absolute atomic E-state index is 11.2. The second kappa shape index (κ2) is 5.66. The molecule has 0 aliphatic carbocycles. The standard InChI is InChI=1S/C13H19NO2/c1-4-10-5-7-11(8-6-10)12(13(15)16)9-14(2)3/h5-8,12H,4,9H2,1-3H3,(H,15,16). The van der Waals surface area contributed by atoms with E-state index < -0.39 is 11.9 Å². The lowest BCUT2D eigenvalue weighted by Crippen LogP contribution is -2.25. The molecular weight excluding hydrogens is 202 g/mol. The minimum Gasteiger partial charge on any atom is -0.481 e. The lowest BCUT2D eigenvalue weighted by molar-refractivity contribution is -0.139. The van der Waals surface area contributed by atoms with E-state index in [0.717, 1.165) is 12.0 Å². The fourth-order valence-electron chi connectivity index (χ4n) is 1.68. The van der Waals surface area contributed by atoms with Crippen LogP contribution in [0.15, 0.2) is 24.3 Å². The van der Waals surface area contributed by atoms with Gasteiger partial charge in [-0.3, -0.25) is 4.79 Å². The third-order valence-electron chi connectivity index (χ3n) is 2.64. The highest BCUT2D eigenvalue weighted by atomic mass is 16.4. The number of hydrogen-bond donors (Lipinski definition) is 1. The molecule has 0 aromatic heterocycles. The number of hydrogen-bond acceptors (Lipinski definition) is 2. The van der Waals surface area contributed by atoms with Gasteiger partial charge in [0.2, 0.25) is 0 Å². The van der Waals surface area contributed by atoms with Gasteiger partial charge in [-0.2, -0.15) is 0 Å². The molecule has 0 aliphatic heterocycles. The molecular formula is C13H19NO2. The number of nitrogens with zero attached hydrogens (tertiary/aromatic N) is 1. The van der Waals surface area contributed by atoms with Crippen molar-refractivity contribution >= 4 is 5.97 Å². The highest BCUT2D eigenvalue weighted by Gasteiger charge is 2.20. The lowest BCUT2D eigenvalue weighted by atomic mass is 9.97. The first-order valence-corrected chi connectivity index (χ1v) is 5.51. The van der Waals surface area contributed by atoms with E-state index in [-0.39, 0.29) is 0 Å². The Balaban J connectivity index is 2.88. The molecule has 88 valence electrons. The van der Waals surface area contributed by atoms with Crippen LogP contribution in [-0.4, -0.2) is 36.6 Å². The summed E-state index contributed by atoms with van der Waals surface area (Å²) in [6, 6.07) is 7.84. The highest BCUT2D eigenvalue weighted by Crippen LogP contribution is 2.17. The van der Waals surface area contributed by atoms with Gasteiger partial charge < -0.3 is 10.0 Å². The lowest BCUT2D eigenvalue weighted by Gasteiger charge is -2.17. The van der Waals surface area contributed by atoms with Crippen molar-refractivity contribution in [2.45, 2.75) is 19.3 Å². The first kappa shape index (κ1) is 12.7. The number of aliphatic carboxylic acids is 1. The number of rotatable bonds is 5. The molecule has 0 heterocycles. The summed E-state index contributed by atoms with van der Waals surface area (Å²) in [7, 11) is 3.77. The van der Waals surface area contributed by atoms with Gasteiger partial charge in [0.1, 0.15) is 0 Å². The number of carboxylic acids is 1. The largest absolute Gasteiger partial charge is 0.481 e. The summed E-state index contributed by atoms with van der Waals surface area (Å²) >= 11 is 0. The van der Waals surface area contributed by atoms with Gasteiger partial charge in [0.25, 0.3) is 0 Å². The summed E-state index contributed by atoms with van der Waals surface area (Å²) in [5.41, 5.74) is 2.11. The third kappa shape index (κ3) is 3.35. The Morgan fingerprint density at radius 2 is 1.88 bits per heavy atom. The Morgan fingerprint density at radius 3 is 2.25 bits per heavy atom. The number of benzene rings is 1. The van der Waals surface area contributed by atoms with Gasteiger partial charge >= 0.3 is 5.97 Å². The average Bonchev–Trinajstić information content (AvgIpc) is 2.25. The first-order chi connectivity index (χ1) is 7.54. The second-order valence-electron chi connectivity index (χ2n) is 4.25. The predicted molar refractivity (Wildman–Crippen MR) is 64.8 cm³/mol. The van der Waals surface area contributed by atoms with Crippen molar-refractivity contribution in [2.75, 3.05) is 20.6 Å². The molecule has 0 amide bonds. The summed E-state index contributed by atoms with van der Waals surface area (Å²) in [6.07, 6.45) is 0.978. The van der Waals surface area contributed by atoms with E-state index in [9.17, 15) is 9.90 Å². The van der Waals surface area contributed by atoms with Crippen LogP contribution in [0.25, 0.3) is 0 Å². The Morgan fingerprint density at radius 1 is 1.31 bits per heavy atom. The quantitative estimate of drug-likeness (QED) is 0.826. The minimum atomic E-state index is -0.766. The summed E-state index contributed by atoms with van der Waals surface area (Å²) in [5, 5.41) is 9.18. The maximum atomic E-state index is 11.2. The molecule has 1 unspecified atom stereocenters.